The van der Waals surface area contributed by atoms with Crippen molar-refractivity contribution in [1.82, 2.24) is 5.06 Å². The number of nitrogens with zero attached hydrogens (tertiary/aromatic N) is 1. The molecule has 9 nitrogen and oxygen atoms in total. The molecule has 0 aliphatic carbocycles. The molecular weight excluding hydrogens is 310 g/mol. The molecule has 23 heavy (non-hydrogen) atoms. The van der Waals surface area contributed by atoms with Gasteiger partial charge in [-0.15, -0.1) is 5.06 Å². The number of aliphatic hydroxyl groups excluding tert-OH is 1. The molecule has 2 amide bonds. The molecule has 0 unspecified atom stereocenters. The molecule has 1 N–H and O–H groups in total. The number of aliphatic hydroxyl groups is 1. The molecule has 1 aliphatic heterocycles. The summed E-state index contributed by atoms with van der Waals surface area (Å²) in [5.41, 5.74) is 0. The van der Waals surface area contributed by atoms with Gasteiger partial charge in [-0.05, 0) is 6.42 Å². The Morgan fingerprint density at radius 1 is 0.913 bits per heavy atom. The molecule has 1 rings (SSSR count). The van der Waals surface area contributed by atoms with E-state index < -0.39 is 17.8 Å². The molecule has 1 fully saturated rings. The van der Waals surface area contributed by atoms with Gasteiger partial charge in [0.2, 0.25) is 0 Å². The van der Waals surface area contributed by atoms with Crippen LogP contribution in [0.4, 0.5) is 0 Å². The van der Waals surface area contributed by atoms with Gasteiger partial charge in [-0.25, -0.2) is 4.79 Å². The second-order valence-electron chi connectivity index (χ2n) is 4.71. The summed E-state index contributed by atoms with van der Waals surface area (Å²) in [7, 11) is 0. The number of hydroxylamine groups is 2. The van der Waals surface area contributed by atoms with Gasteiger partial charge in [0.1, 0.15) is 0 Å². The second-order valence-corrected chi connectivity index (χ2v) is 4.71. The smallest absolute Gasteiger partial charge is 0.335 e. The first-order chi connectivity index (χ1) is 11.1. The zero-order chi connectivity index (χ0) is 16.9. The Morgan fingerprint density at radius 3 is 2.00 bits per heavy atom. The monoisotopic (exact) mass is 333 g/mol. The molecular formula is C14H23NO8. The SMILES string of the molecule is O=C(CCOCCOCCOCCCO)ON1C(=O)CCC1=O. The minimum Gasteiger partial charge on any atom is -0.396 e. The maximum atomic E-state index is 11.4. The minimum atomic E-state index is -0.688. The lowest BCUT2D eigenvalue weighted by Gasteiger charge is -2.12. The van der Waals surface area contributed by atoms with E-state index in [2.05, 4.69) is 4.84 Å². The second kappa shape index (κ2) is 11.9. The van der Waals surface area contributed by atoms with Crippen LogP contribution in [0.2, 0.25) is 0 Å². The van der Waals surface area contributed by atoms with E-state index in [1.54, 1.807) is 0 Å². The van der Waals surface area contributed by atoms with Gasteiger partial charge < -0.3 is 24.2 Å². The number of carbonyl (C=O) groups is 3. The summed E-state index contributed by atoms with van der Waals surface area (Å²) in [5, 5.41) is 9.05. The van der Waals surface area contributed by atoms with Crippen LogP contribution < -0.4 is 0 Å². The van der Waals surface area contributed by atoms with E-state index in [4.69, 9.17) is 19.3 Å². The molecule has 0 radical (unpaired) electrons. The van der Waals surface area contributed by atoms with Crippen molar-refractivity contribution in [2.45, 2.75) is 25.7 Å². The molecule has 0 spiro atoms. The van der Waals surface area contributed by atoms with Crippen molar-refractivity contribution in [3.05, 3.63) is 0 Å². The summed E-state index contributed by atoms with van der Waals surface area (Å²) in [6.07, 6.45) is 0.697. The molecule has 132 valence electrons. The number of hydrogen-bond acceptors (Lipinski definition) is 8. The van der Waals surface area contributed by atoms with Crippen LogP contribution in [0, 0.1) is 0 Å². The van der Waals surface area contributed by atoms with Crippen LogP contribution in [0.3, 0.4) is 0 Å². The Kier molecular flexibility index (Phi) is 10.1. The largest absolute Gasteiger partial charge is 0.396 e. The lowest BCUT2D eigenvalue weighted by molar-refractivity contribution is -0.198. The predicted molar refractivity (Wildman–Crippen MR) is 76.0 cm³/mol. The van der Waals surface area contributed by atoms with Crippen LogP contribution in [-0.4, -0.2) is 74.2 Å². The van der Waals surface area contributed by atoms with Gasteiger partial charge in [0.05, 0.1) is 39.5 Å². The molecule has 0 atom stereocenters. The number of imide groups is 1. The van der Waals surface area contributed by atoms with Gasteiger partial charge in [-0.3, -0.25) is 9.59 Å². The van der Waals surface area contributed by atoms with Crippen LogP contribution >= 0.6 is 0 Å². The molecule has 0 aromatic rings. The van der Waals surface area contributed by atoms with Gasteiger partial charge in [0.25, 0.3) is 11.8 Å². The number of ether oxygens (including phenoxy) is 3. The van der Waals surface area contributed by atoms with E-state index in [-0.39, 0.29) is 32.5 Å². The number of rotatable bonds is 13. The Bertz CT molecular complexity index is 371. The fourth-order valence-corrected chi connectivity index (χ4v) is 1.67. The van der Waals surface area contributed by atoms with Crippen molar-refractivity contribution < 1.29 is 38.5 Å². The molecule has 1 aliphatic rings. The van der Waals surface area contributed by atoms with E-state index in [0.717, 1.165) is 0 Å². The van der Waals surface area contributed by atoms with Crippen LogP contribution in [0.5, 0.6) is 0 Å². The number of carbonyl (C=O) groups excluding carboxylic acids is 3. The summed E-state index contributed by atoms with van der Waals surface area (Å²) >= 11 is 0. The first-order valence-corrected chi connectivity index (χ1v) is 7.56. The zero-order valence-electron chi connectivity index (χ0n) is 13.0. The van der Waals surface area contributed by atoms with Crippen LogP contribution in [0.1, 0.15) is 25.7 Å². The lowest BCUT2D eigenvalue weighted by Crippen LogP contribution is -2.32. The van der Waals surface area contributed by atoms with E-state index in [1.807, 2.05) is 0 Å². The van der Waals surface area contributed by atoms with Gasteiger partial charge >= 0.3 is 5.97 Å². The Hall–Kier alpha value is -1.55. The lowest BCUT2D eigenvalue weighted by atomic mass is 10.4. The highest BCUT2D eigenvalue weighted by atomic mass is 16.7. The predicted octanol–water partition coefficient (Wildman–Crippen LogP) is -0.584. The summed E-state index contributed by atoms with van der Waals surface area (Å²) < 4.78 is 15.6. The van der Waals surface area contributed by atoms with Crippen molar-refractivity contribution in [2.75, 3.05) is 46.2 Å². The van der Waals surface area contributed by atoms with Crippen molar-refractivity contribution in [3.63, 3.8) is 0 Å². The van der Waals surface area contributed by atoms with Crippen molar-refractivity contribution in [3.8, 4) is 0 Å². The first-order valence-electron chi connectivity index (χ1n) is 7.56. The zero-order valence-corrected chi connectivity index (χ0v) is 13.0. The molecule has 1 heterocycles. The highest BCUT2D eigenvalue weighted by molar-refractivity contribution is 6.01. The Morgan fingerprint density at radius 2 is 1.43 bits per heavy atom. The third-order valence-corrected chi connectivity index (χ3v) is 2.84. The van der Waals surface area contributed by atoms with E-state index >= 15 is 0 Å². The summed E-state index contributed by atoms with van der Waals surface area (Å²) in [6.45, 7) is 2.27. The normalized spacial score (nSPS) is 14.6. The molecule has 9 heteroatoms. The molecule has 0 aromatic carbocycles. The topological polar surface area (TPSA) is 112 Å². The van der Waals surface area contributed by atoms with Gasteiger partial charge in [0.15, 0.2) is 0 Å². The highest BCUT2D eigenvalue weighted by Crippen LogP contribution is 2.12. The molecule has 0 bridgehead atoms. The third-order valence-electron chi connectivity index (χ3n) is 2.84. The van der Waals surface area contributed by atoms with Crippen LogP contribution in [-0.2, 0) is 33.4 Å². The maximum Gasteiger partial charge on any atom is 0.335 e. The van der Waals surface area contributed by atoms with Crippen LogP contribution in [0.25, 0.3) is 0 Å². The highest BCUT2D eigenvalue weighted by Gasteiger charge is 2.32. The van der Waals surface area contributed by atoms with E-state index in [1.165, 1.54) is 0 Å². The fourth-order valence-electron chi connectivity index (χ4n) is 1.67. The van der Waals surface area contributed by atoms with Gasteiger partial charge in [-0.1, -0.05) is 0 Å². The summed E-state index contributed by atoms with van der Waals surface area (Å²) in [4.78, 5) is 38.6. The minimum absolute atomic E-state index is 0.0542. The van der Waals surface area contributed by atoms with E-state index in [9.17, 15) is 14.4 Å². The van der Waals surface area contributed by atoms with Crippen molar-refractivity contribution in [1.29, 1.82) is 0 Å². The average Bonchev–Trinajstić information content (AvgIpc) is 2.84. The molecule has 0 saturated carbocycles. The summed E-state index contributed by atoms with van der Waals surface area (Å²) in [5.74, 6) is -1.69. The molecule has 0 aromatic heterocycles. The van der Waals surface area contributed by atoms with Crippen LogP contribution in [0.15, 0.2) is 0 Å². The number of hydrogen-bond donors (Lipinski definition) is 1. The quantitative estimate of drug-likeness (QED) is 0.352. The Balaban J connectivity index is 1.90. The van der Waals surface area contributed by atoms with Crippen molar-refractivity contribution >= 4 is 17.8 Å². The Labute approximate surface area is 134 Å². The maximum absolute atomic E-state index is 11.4. The van der Waals surface area contributed by atoms with Gasteiger partial charge in [0, 0.05) is 26.1 Å². The number of amides is 2. The van der Waals surface area contributed by atoms with Gasteiger partial charge in [-0.2, -0.15) is 0 Å². The van der Waals surface area contributed by atoms with Crippen molar-refractivity contribution in [2.24, 2.45) is 0 Å². The first kappa shape index (κ1) is 19.5. The summed E-state index contributed by atoms with van der Waals surface area (Å²) in [6, 6.07) is 0. The average molecular weight is 333 g/mol. The standard InChI is InChI=1S/C14H23NO8/c16-5-1-6-20-8-10-22-11-9-21-7-4-14(19)23-15-12(17)2-3-13(15)18/h16H,1-11H2. The van der Waals surface area contributed by atoms with E-state index in [0.29, 0.717) is 44.5 Å². The fraction of sp³-hybridized carbons (Fsp3) is 0.786. The third kappa shape index (κ3) is 8.60. The molecule has 1 saturated heterocycles.